The van der Waals surface area contributed by atoms with Crippen molar-refractivity contribution in [2.24, 2.45) is 0 Å². The van der Waals surface area contributed by atoms with E-state index in [1.807, 2.05) is 6.07 Å². The summed E-state index contributed by atoms with van der Waals surface area (Å²) in [5.74, 6) is -0.153. The predicted octanol–water partition coefficient (Wildman–Crippen LogP) is 2.60. The van der Waals surface area contributed by atoms with Crippen LogP contribution in [0.2, 0.25) is 0 Å². The van der Waals surface area contributed by atoms with Gasteiger partial charge < -0.3 is 9.88 Å². The van der Waals surface area contributed by atoms with E-state index in [2.05, 4.69) is 20.6 Å². The van der Waals surface area contributed by atoms with Gasteiger partial charge in [-0.3, -0.25) is 5.32 Å². The van der Waals surface area contributed by atoms with E-state index in [4.69, 9.17) is 5.26 Å². The number of benzene rings is 1. The van der Waals surface area contributed by atoms with Crippen LogP contribution in [0.5, 0.6) is 0 Å². The van der Waals surface area contributed by atoms with Gasteiger partial charge >= 0.3 is 6.03 Å². The average molecular weight is 336 g/mol. The van der Waals surface area contributed by atoms with Crippen molar-refractivity contribution < 1.29 is 9.18 Å². The van der Waals surface area contributed by atoms with Crippen molar-refractivity contribution >= 4 is 11.8 Å². The van der Waals surface area contributed by atoms with Crippen LogP contribution in [-0.2, 0) is 6.54 Å². The molecule has 0 atom stereocenters. The third-order valence-electron chi connectivity index (χ3n) is 3.35. The number of nitrogens with one attached hydrogen (secondary N) is 2. The second-order valence-corrected chi connectivity index (χ2v) is 5.08. The maximum absolute atomic E-state index is 14.2. The Bertz CT molecular complexity index is 933. The van der Waals surface area contributed by atoms with Gasteiger partial charge in [-0.2, -0.15) is 5.26 Å². The number of carbonyl (C=O) groups excluding carboxylic acids is 1. The number of urea groups is 1. The Balaban J connectivity index is 1.60. The van der Waals surface area contributed by atoms with Crippen molar-refractivity contribution in [2.45, 2.75) is 6.54 Å². The third kappa shape index (κ3) is 3.97. The first-order valence-corrected chi connectivity index (χ1v) is 7.34. The number of anilines is 1. The molecule has 124 valence electrons. The zero-order chi connectivity index (χ0) is 17.6. The van der Waals surface area contributed by atoms with Gasteiger partial charge in [-0.15, -0.1) is 0 Å². The lowest BCUT2D eigenvalue weighted by Gasteiger charge is -2.09. The van der Waals surface area contributed by atoms with Gasteiger partial charge in [0.15, 0.2) is 0 Å². The van der Waals surface area contributed by atoms with Crippen molar-refractivity contribution in [2.75, 3.05) is 5.32 Å². The smallest absolute Gasteiger partial charge is 0.320 e. The van der Waals surface area contributed by atoms with Crippen LogP contribution in [-0.4, -0.2) is 20.6 Å². The van der Waals surface area contributed by atoms with Crippen LogP contribution in [0.25, 0.3) is 5.69 Å². The average Bonchev–Trinajstić information content (AvgIpc) is 3.14. The van der Waals surface area contributed by atoms with Crippen molar-refractivity contribution in [1.29, 1.82) is 5.26 Å². The largest absolute Gasteiger partial charge is 0.334 e. The standard InChI is InChI=1S/C17H13FN6O/c18-14-8-12(4-5-15(14)24-7-6-20-11-24)10-21-17(25)23-16-3-1-2-13(9-19)22-16/h1-8,11H,10H2,(H2,21,22,23,25). The van der Waals surface area contributed by atoms with E-state index in [-0.39, 0.29) is 18.1 Å². The van der Waals surface area contributed by atoms with E-state index >= 15 is 0 Å². The molecular formula is C17H13FN6O. The lowest BCUT2D eigenvalue weighted by molar-refractivity contribution is 0.251. The van der Waals surface area contributed by atoms with Crippen LogP contribution in [0.1, 0.15) is 11.3 Å². The fourth-order valence-electron chi connectivity index (χ4n) is 2.18. The minimum Gasteiger partial charge on any atom is -0.334 e. The summed E-state index contributed by atoms with van der Waals surface area (Å²) in [5.41, 5.74) is 1.19. The highest BCUT2D eigenvalue weighted by Crippen LogP contribution is 2.15. The van der Waals surface area contributed by atoms with E-state index in [9.17, 15) is 9.18 Å². The number of nitriles is 1. The molecule has 2 aromatic heterocycles. The predicted molar refractivity (Wildman–Crippen MR) is 88.3 cm³/mol. The molecule has 25 heavy (non-hydrogen) atoms. The van der Waals surface area contributed by atoms with Gasteiger partial charge in [0.25, 0.3) is 0 Å². The molecule has 0 saturated carbocycles. The monoisotopic (exact) mass is 336 g/mol. The molecule has 7 nitrogen and oxygen atoms in total. The van der Waals surface area contributed by atoms with Gasteiger partial charge in [0.2, 0.25) is 0 Å². The molecule has 3 rings (SSSR count). The molecule has 8 heteroatoms. The SMILES string of the molecule is N#Cc1cccc(NC(=O)NCc2ccc(-n3ccnc3)c(F)c2)n1. The summed E-state index contributed by atoms with van der Waals surface area (Å²) in [6.45, 7) is 0.144. The molecule has 0 saturated heterocycles. The van der Waals surface area contributed by atoms with E-state index in [1.165, 1.54) is 18.5 Å². The number of aromatic nitrogens is 3. The fraction of sp³-hybridized carbons (Fsp3) is 0.0588. The minimum atomic E-state index is -0.498. The number of rotatable bonds is 4. The van der Waals surface area contributed by atoms with Crippen LogP contribution < -0.4 is 10.6 Å². The molecule has 2 heterocycles. The van der Waals surface area contributed by atoms with Crippen LogP contribution in [0.15, 0.2) is 55.1 Å². The molecule has 3 aromatic rings. The molecule has 0 aliphatic carbocycles. The number of nitrogens with zero attached hydrogens (tertiary/aromatic N) is 4. The Hall–Kier alpha value is -3.73. The molecule has 0 radical (unpaired) electrons. The van der Waals surface area contributed by atoms with Crippen molar-refractivity contribution in [3.8, 4) is 11.8 Å². The number of carbonyl (C=O) groups is 1. The zero-order valence-electron chi connectivity index (χ0n) is 13.0. The number of hydrogen-bond donors (Lipinski definition) is 2. The van der Waals surface area contributed by atoms with E-state index in [1.54, 1.807) is 41.2 Å². The summed E-state index contributed by atoms with van der Waals surface area (Å²) in [6, 6.07) is 10.8. The lowest BCUT2D eigenvalue weighted by atomic mass is 10.2. The highest BCUT2D eigenvalue weighted by atomic mass is 19.1. The van der Waals surface area contributed by atoms with Gasteiger partial charge in [-0.1, -0.05) is 12.1 Å². The lowest BCUT2D eigenvalue weighted by Crippen LogP contribution is -2.28. The van der Waals surface area contributed by atoms with Crippen LogP contribution >= 0.6 is 0 Å². The summed E-state index contributed by atoms with van der Waals surface area (Å²) in [6.07, 6.45) is 4.72. The number of amides is 2. The highest BCUT2D eigenvalue weighted by Gasteiger charge is 2.07. The number of imidazole rings is 1. The Morgan fingerprint density at radius 1 is 1.32 bits per heavy atom. The Kier molecular flexibility index (Phi) is 4.67. The van der Waals surface area contributed by atoms with Gasteiger partial charge in [0.05, 0.1) is 12.0 Å². The summed E-state index contributed by atoms with van der Waals surface area (Å²) < 4.78 is 15.7. The molecule has 0 bridgehead atoms. The van der Waals surface area contributed by atoms with Crippen molar-refractivity contribution in [3.05, 3.63) is 72.2 Å². The summed E-state index contributed by atoms with van der Waals surface area (Å²) in [5, 5.41) is 13.9. The van der Waals surface area contributed by atoms with Crippen LogP contribution in [0, 0.1) is 17.1 Å². The molecule has 0 unspecified atom stereocenters. The maximum Gasteiger partial charge on any atom is 0.320 e. The first-order valence-electron chi connectivity index (χ1n) is 7.34. The number of pyridine rings is 1. The van der Waals surface area contributed by atoms with E-state index < -0.39 is 11.8 Å². The van der Waals surface area contributed by atoms with Crippen molar-refractivity contribution in [3.63, 3.8) is 0 Å². The fourth-order valence-corrected chi connectivity index (χ4v) is 2.18. The Morgan fingerprint density at radius 3 is 2.92 bits per heavy atom. The highest BCUT2D eigenvalue weighted by molar-refractivity contribution is 5.88. The maximum atomic E-state index is 14.2. The van der Waals surface area contributed by atoms with Crippen LogP contribution in [0.3, 0.4) is 0 Å². The van der Waals surface area contributed by atoms with E-state index in [0.29, 0.717) is 11.3 Å². The topological polar surface area (TPSA) is 95.6 Å². The number of halogens is 1. The van der Waals surface area contributed by atoms with Crippen LogP contribution in [0.4, 0.5) is 15.0 Å². The first-order chi connectivity index (χ1) is 12.2. The Morgan fingerprint density at radius 2 is 2.20 bits per heavy atom. The molecule has 0 aliphatic heterocycles. The summed E-state index contributed by atoms with van der Waals surface area (Å²) in [4.78, 5) is 19.7. The van der Waals surface area contributed by atoms with Crippen molar-refractivity contribution in [1.82, 2.24) is 19.9 Å². The summed E-state index contributed by atoms with van der Waals surface area (Å²) in [7, 11) is 0. The molecule has 2 N–H and O–H groups in total. The molecule has 0 fully saturated rings. The van der Waals surface area contributed by atoms with E-state index in [0.717, 1.165) is 0 Å². The molecular weight excluding hydrogens is 323 g/mol. The molecule has 0 spiro atoms. The molecule has 1 aromatic carbocycles. The Labute approximate surface area is 142 Å². The zero-order valence-corrected chi connectivity index (χ0v) is 13.0. The van der Waals surface area contributed by atoms with Gasteiger partial charge in [-0.05, 0) is 29.8 Å². The molecule has 2 amide bonds. The summed E-state index contributed by atoms with van der Waals surface area (Å²) >= 11 is 0. The minimum absolute atomic E-state index is 0.144. The van der Waals surface area contributed by atoms with Gasteiger partial charge in [0, 0.05) is 18.9 Å². The first kappa shape index (κ1) is 16.1. The normalized spacial score (nSPS) is 10.1. The second kappa shape index (κ2) is 7.23. The quantitative estimate of drug-likeness (QED) is 0.765. The molecule has 0 aliphatic rings. The number of hydrogen-bond acceptors (Lipinski definition) is 4. The van der Waals surface area contributed by atoms with Gasteiger partial charge in [-0.25, -0.2) is 19.2 Å². The van der Waals surface area contributed by atoms with Gasteiger partial charge in [0.1, 0.15) is 23.4 Å². The second-order valence-electron chi connectivity index (χ2n) is 5.08. The third-order valence-corrected chi connectivity index (χ3v) is 3.35.